The molecule has 0 saturated carbocycles. The van der Waals surface area contributed by atoms with E-state index >= 15 is 0 Å². The fourth-order valence-electron chi connectivity index (χ4n) is 2.89. The first kappa shape index (κ1) is 13.6. The lowest BCUT2D eigenvalue weighted by molar-refractivity contribution is -0.112. The smallest absolute Gasteiger partial charge is 0.263 e. The molecule has 2 aromatic carbocycles. The van der Waals surface area contributed by atoms with Gasteiger partial charge in [0.1, 0.15) is 11.5 Å². The summed E-state index contributed by atoms with van der Waals surface area (Å²) in [4.78, 5) is 14.7. The largest absolute Gasteiger partial charge is 0.462 e. The standard InChI is InChI=1S/C20H15NO2/c1-14-11-12-16(23-14)13-18-17-9-5-6-10-19(17)21(20(18)22)15-7-3-2-4-8-15/h2-13H,1H3. The van der Waals surface area contributed by atoms with Gasteiger partial charge >= 0.3 is 0 Å². The number of fused-ring (bicyclic) bond motifs is 1. The van der Waals surface area contributed by atoms with Crippen LogP contribution >= 0.6 is 0 Å². The highest BCUT2D eigenvalue weighted by atomic mass is 16.3. The van der Waals surface area contributed by atoms with E-state index in [1.54, 1.807) is 4.90 Å². The molecule has 3 heteroatoms. The Morgan fingerprint density at radius 3 is 2.39 bits per heavy atom. The zero-order valence-corrected chi connectivity index (χ0v) is 12.7. The Balaban J connectivity index is 1.87. The minimum absolute atomic E-state index is 0.0357. The van der Waals surface area contributed by atoms with Crippen LogP contribution in [0.5, 0.6) is 0 Å². The van der Waals surface area contributed by atoms with Gasteiger partial charge in [0.05, 0.1) is 11.3 Å². The number of aryl methyl sites for hydroxylation is 1. The SMILES string of the molecule is Cc1ccc(C=C2C(=O)N(c3ccccc3)c3ccccc32)o1. The Kier molecular flexibility index (Phi) is 3.12. The fourth-order valence-corrected chi connectivity index (χ4v) is 2.89. The van der Waals surface area contributed by atoms with Crippen molar-refractivity contribution in [2.24, 2.45) is 0 Å². The Morgan fingerprint density at radius 2 is 1.65 bits per heavy atom. The first-order valence-electron chi connectivity index (χ1n) is 7.51. The van der Waals surface area contributed by atoms with Crippen LogP contribution < -0.4 is 4.90 Å². The molecule has 1 amide bonds. The minimum Gasteiger partial charge on any atom is -0.462 e. The summed E-state index contributed by atoms with van der Waals surface area (Å²) >= 11 is 0. The van der Waals surface area contributed by atoms with Crippen molar-refractivity contribution in [3.8, 4) is 0 Å². The number of nitrogens with zero attached hydrogens (tertiary/aromatic N) is 1. The van der Waals surface area contributed by atoms with Gasteiger partial charge in [0.25, 0.3) is 5.91 Å². The van der Waals surface area contributed by atoms with Crippen molar-refractivity contribution in [1.29, 1.82) is 0 Å². The van der Waals surface area contributed by atoms with Crippen LogP contribution in [0.3, 0.4) is 0 Å². The molecule has 3 nitrogen and oxygen atoms in total. The third-order valence-corrected chi connectivity index (χ3v) is 3.93. The average Bonchev–Trinajstić information content (AvgIpc) is 3.11. The molecular formula is C20H15NO2. The third kappa shape index (κ3) is 2.27. The molecule has 2 heterocycles. The van der Waals surface area contributed by atoms with Gasteiger partial charge in [-0.3, -0.25) is 9.69 Å². The second kappa shape index (κ2) is 5.29. The fraction of sp³-hybridized carbons (Fsp3) is 0.0500. The van der Waals surface area contributed by atoms with Crippen LogP contribution in [0.15, 0.2) is 71.1 Å². The molecule has 3 aromatic rings. The van der Waals surface area contributed by atoms with Gasteiger partial charge in [0.2, 0.25) is 0 Å². The normalized spacial score (nSPS) is 15.3. The summed E-state index contributed by atoms with van der Waals surface area (Å²) in [6, 6.07) is 21.3. The number of hydrogen-bond donors (Lipinski definition) is 0. The first-order chi connectivity index (χ1) is 11.2. The second-order valence-corrected chi connectivity index (χ2v) is 5.50. The van der Waals surface area contributed by atoms with Gasteiger partial charge in [-0.1, -0.05) is 36.4 Å². The Bertz CT molecular complexity index is 906. The number of anilines is 2. The van der Waals surface area contributed by atoms with Gasteiger partial charge in [0.15, 0.2) is 0 Å². The van der Waals surface area contributed by atoms with Crippen molar-refractivity contribution in [2.45, 2.75) is 6.92 Å². The van der Waals surface area contributed by atoms with Crippen LogP contribution in [0.2, 0.25) is 0 Å². The zero-order valence-electron chi connectivity index (χ0n) is 12.7. The lowest BCUT2D eigenvalue weighted by Crippen LogP contribution is -2.20. The molecule has 0 unspecified atom stereocenters. The second-order valence-electron chi connectivity index (χ2n) is 5.50. The quantitative estimate of drug-likeness (QED) is 0.637. The Morgan fingerprint density at radius 1 is 0.913 bits per heavy atom. The Labute approximate surface area is 134 Å². The van der Waals surface area contributed by atoms with Crippen LogP contribution in [0.25, 0.3) is 11.6 Å². The molecule has 1 aromatic heterocycles. The zero-order chi connectivity index (χ0) is 15.8. The van der Waals surface area contributed by atoms with Gasteiger partial charge in [-0.05, 0) is 43.3 Å². The summed E-state index contributed by atoms with van der Waals surface area (Å²) in [5.74, 6) is 1.48. The van der Waals surface area contributed by atoms with Crippen molar-refractivity contribution >= 4 is 28.9 Å². The van der Waals surface area contributed by atoms with E-state index in [9.17, 15) is 4.79 Å². The lowest BCUT2D eigenvalue weighted by atomic mass is 10.1. The van der Waals surface area contributed by atoms with Crippen molar-refractivity contribution < 1.29 is 9.21 Å². The molecule has 0 N–H and O–H groups in total. The van der Waals surface area contributed by atoms with E-state index in [1.165, 1.54) is 0 Å². The lowest BCUT2D eigenvalue weighted by Gasteiger charge is -2.16. The van der Waals surface area contributed by atoms with Crippen molar-refractivity contribution in [3.63, 3.8) is 0 Å². The van der Waals surface area contributed by atoms with E-state index in [1.807, 2.05) is 79.7 Å². The third-order valence-electron chi connectivity index (χ3n) is 3.93. The van der Waals surface area contributed by atoms with Crippen molar-refractivity contribution in [1.82, 2.24) is 0 Å². The molecule has 4 rings (SSSR count). The maximum absolute atomic E-state index is 13.0. The number of carbonyl (C=O) groups is 1. The molecular weight excluding hydrogens is 286 g/mol. The van der Waals surface area contributed by atoms with E-state index in [2.05, 4.69) is 0 Å². The van der Waals surface area contributed by atoms with E-state index in [0.717, 1.165) is 22.7 Å². The van der Waals surface area contributed by atoms with Crippen LogP contribution in [0.1, 0.15) is 17.1 Å². The van der Waals surface area contributed by atoms with Crippen LogP contribution in [-0.2, 0) is 4.79 Å². The van der Waals surface area contributed by atoms with Gasteiger partial charge in [0, 0.05) is 11.3 Å². The van der Waals surface area contributed by atoms with Crippen molar-refractivity contribution in [2.75, 3.05) is 4.90 Å². The van der Waals surface area contributed by atoms with Gasteiger partial charge < -0.3 is 4.42 Å². The molecule has 0 radical (unpaired) electrons. The van der Waals surface area contributed by atoms with Crippen LogP contribution in [0, 0.1) is 6.92 Å². The highest BCUT2D eigenvalue weighted by Gasteiger charge is 2.33. The number of amides is 1. The molecule has 0 atom stereocenters. The topological polar surface area (TPSA) is 33.5 Å². The average molecular weight is 301 g/mol. The maximum Gasteiger partial charge on any atom is 0.263 e. The molecule has 0 spiro atoms. The summed E-state index contributed by atoms with van der Waals surface area (Å²) in [7, 11) is 0. The molecule has 1 aliphatic heterocycles. The predicted octanol–water partition coefficient (Wildman–Crippen LogP) is 4.81. The van der Waals surface area contributed by atoms with Gasteiger partial charge in [-0.2, -0.15) is 0 Å². The number of rotatable bonds is 2. The first-order valence-corrected chi connectivity index (χ1v) is 7.51. The molecule has 0 aliphatic carbocycles. The number of furan rings is 1. The molecule has 112 valence electrons. The van der Waals surface area contributed by atoms with Crippen LogP contribution in [-0.4, -0.2) is 5.91 Å². The summed E-state index contributed by atoms with van der Waals surface area (Å²) in [5.41, 5.74) is 3.34. The number of carbonyl (C=O) groups excluding carboxylic acids is 1. The number of hydrogen-bond acceptors (Lipinski definition) is 2. The number of benzene rings is 2. The van der Waals surface area contributed by atoms with E-state index in [-0.39, 0.29) is 5.91 Å². The van der Waals surface area contributed by atoms with Crippen LogP contribution in [0.4, 0.5) is 11.4 Å². The summed E-state index contributed by atoms with van der Waals surface area (Å²) < 4.78 is 5.60. The summed E-state index contributed by atoms with van der Waals surface area (Å²) in [6.45, 7) is 1.89. The molecule has 0 fully saturated rings. The van der Waals surface area contributed by atoms with Gasteiger partial charge in [-0.25, -0.2) is 0 Å². The van der Waals surface area contributed by atoms with E-state index in [0.29, 0.717) is 11.3 Å². The summed E-state index contributed by atoms with van der Waals surface area (Å²) in [6.07, 6.45) is 1.82. The van der Waals surface area contributed by atoms with Gasteiger partial charge in [-0.15, -0.1) is 0 Å². The highest BCUT2D eigenvalue weighted by Crippen LogP contribution is 2.41. The predicted molar refractivity (Wildman–Crippen MR) is 91.3 cm³/mol. The van der Waals surface area contributed by atoms with E-state index in [4.69, 9.17) is 4.42 Å². The molecule has 23 heavy (non-hydrogen) atoms. The molecule has 1 aliphatic rings. The monoisotopic (exact) mass is 301 g/mol. The Hall–Kier alpha value is -3.07. The molecule has 0 bridgehead atoms. The summed E-state index contributed by atoms with van der Waals surface area (Å²) in [5, 5.41) is 0. The highest BCUT2D eigenvalue weighted by molar-refractivity contribution is 6.37. The minimum atomic E-state index is -0.0357. The number of para-hydroxylation sites is 2. The van der Waals surface area contributed by atoms with Crippen molar-refractivity contribution in [3.05, 3.63) is 83.8 Å². The van der Waals surface area contributed by atoms with E-state index < -0.39 is 0 Å². The molecule has 0 saturated heterocycles. The maximum atomic E-state index is 13.0.